The standard InChI is InChI=1S/C39H41N3O6S2.Na/c1-4-40-34-17-15-33(16-18-34)38-23-14-32(26-39(38)50(46,47)48)28-42(6-3)36-21-12-30(13-22-36)24-29-10-19-35(20-11-29)41(5-2)27-31-8-7-9-37(25-31)49(43,44)45;/h7-26,40H,4-6,27-28H2,1-3H3,(H-,43,44,45,46,47,48);/q;+1/p-1. The van der Waals surface area contributed by atoms with Crippen molar-refractivity contribution in [1.82, 2.24) is 0 Å². The van der Waals surface area contributed by atoms with Crippen LogP contribution < -0.4 is 39.8 Å². The Bertz CT molecular complexity index is 2180. The SMILES string of the molecule is CCNc1ccc(-c2ccc(CN(CC)c3ccc(C=C4C=CC(=[N+](CC)Cc5cccc(S(=O)(=O)[O-])c5)C=C4)cc3)cc2S(=O)(=O)[O-])cc1.[Na+]. The first-order chi connectivity index (χ1) is 23.9. The Morgan fingerprint density at radius 2 is 1.45 bits per heavy atom. The zero-order chi connectivity index (χ0) is 35.9. The van der Waals surface area contributed by atoms with Crippen LogP contribution in [0.3, 0.4) is 0 Å². The molecule has 0 atom stereocenters. The van der Waals surface area contributed by atoms with Crippen LogP contribution in [0.25, 0.3) is 17.2 Å². The molecule has 1 N–H and O–H groups in total. The third kappa shape index (κ3) is 10.6. The topological polar surface area (TPSA) is 133 Å². The fourth-order valence-corrected chi connectivity index (χ4v) is 7.14. The van der Waals surface area contributed by atoms with Gasteiger partial charge in [-0.1, -0.05) is 48.5 Å². The van der Waals surface area contributed by atoms with Gasteiger partial charge < -0.3 is 19.3 Å². The quantitative estimate of drug-likeness (QED) is 0.125. The molecule has 0 saturated heterocycles. The smallest absolute Gasteiger partial charge is 0.744 e. The Balaban J connectivity index is 0.00000583. The van der Waals surface area contributed by atoms with Crippen molar-refractivity contribution in [3.05, 3.63) is 138 Å². The molecule has 9 nitrogen and oxygen atoms in total. The molecule has 1 aliphatic carbocycles. The predicted octanol–water partition coefficient (Wildman–Crippen LogP) is 3.81. The van der Waals surface area contributed by atoms with Crippen LogP contribution in [0.15, 0.2) is 131 Å². The van der Waals surface area contributed by atoms with Crippen molar-refractivity contribution < 1.29 is 60.1 Å². The number of nitrogens with one attached hydrogen (secondary N) is 1. The fourth-order valence-electron chi connectivity index (χ4n) is 5.85. The summed E-state index contributed by atoms with van der Waals surface area (Å²) in [7, 11) is -9.24. The monoisotopic (exact) mass is 733 g/mol. The Morgan fingerprint density at radius 3 is 2.04 bits per heavy atom. The van der Waals surface area contributed by atoms with Crippen LogP contribution in [0.2, 0.25) is 0 Å². The molecule has 0 saturated carbocycles. The predicted molar refractivity (Wildman–Crippen MR) is 197 cm³/mol. The number of anilines is 2. The van der Waals surface area contributed by atoms with Crippen molar-refractivity contribution >= 4 is 43.4 Å². The second-order valence-corrected chi connectivity index (χ2v) is 14.6. The minimum atomic E-state index is -4.72. The molecule has 0 amide bonds. The molecule has 51 heavy (non-hydrogen) atoms. The summed E-state index contributed by atoms with van der Waals surface area (Å²) < 4.78 is 73.4. The number of nitrogens with zero attached hydrogens (tertiary/aromatic N) is 2. The van der Waals surface area contributed by atoms with Crippen LogP contribution in [-0.2, 0) is 33.3 Å². The molecule has 4 aromatic rings. The summed E-state index contributed by atoms with van der Waals surface area (Å²) in [5.74, 6) is 0. The van der Waals surface area contributed by atoms with Gasteiger partial charge in [-0.2, -0.15) is 0 Å². The minimum Gasteiger partial charge on any atom is -0.744 e. The zero-order valence-electron chi connectivity index (χ0n) is 29.2. The normalized spacial score (nSPS) is 12.7. The van der Waals surface area contributed by atoms with Crippen LogP contribution >= 0.6 is 0 Å². The van der Waals surface area contributed by atoms with Gasteiger partial charge in [0.1, 0.15) is 26.8 Å². The Kier molecular flexibility index (Phi) is 13.8. The van der Waals surface area contributed by atoms with Gasteiger partial charge in [0.25, 0.3) is 0 Å². The molecule has 5 rings (SSSR count). The van der Waals surface area contributed by atoms with E-state index in [1.807, 2.05) is 99.7 Å². The molecule has 12 heteroatoms. The molecular formula is C39H40N3NaO6S2. The Morgan fingerprint density at radius 1 is 0.765 bits per heavy atom. The molecule has 1 aliphatic rings. The first-order valence-electron chi connectivity index (χ1n) is 16.4. The van der Waals surface area contributed by atoms with Gasteiger partial charge in [0.05, 0.1) is 9.79 Å². The summed E-state index contributed by atoms with van der Waals surface area (Å²) in [4.78, 5) is 1.65. The maximum Gasteiger partial charge on any atom is 1.00 e. The van der Waals surface area contributed by atoms with Crippen molar-refractivity contribution in [3.8, 4) is 11.1 Å². The first kappa shape index (κ1) is 40.0. The maximum atomic E-state index is 12.3. The minimum absolute atomic E-state index is 0. The molecule has 4 aromatic carbocycles. The summed E-state index contributed by atoms with van der Waals surface area (Å²) in [6, 6.07) is 26.6. The maximum absolute atomic E-state index is 12.3. The molecule has 0 bridgehead atoms. The molecule has 260 valence electrons. The summed E-state index contributed by atoms with van der Waals surface area (Å²) in [6.45, 7) is 9.04. The van der Waals surface area contributed by atoms with E-state index in [1.165, 1.54) is 18.2 Å². The third-order valence-electron chi connectivity index (χ3n) is 8.44. The van der Waals surface area contributed by atoms with Gasteiger partial charge in [-0.3, -0.25) is 0 Å². The van der Waals surface area contributed by atoms with Gasteiger partial charge in [-0.15, -0.1) is 0 Å². The van der Waals surface area contributed by atoms with E-state index >= 15 is 0 Å². The zero-order valence-corrected chi connectivity index (χ0v) is 32.9. The molecule has 0 unspecified atom stereocenters. The number of benzene rings is 4. The molecule has 0 spiro atoms. The number of hydrogen-bond donors (Lipinski definition) is 1. The molecule has 0 heterocycles. The van der Waals surface area contributed by atoms with Crippen LogP contribution in [-0.4, -0.2) is 55.9 Å². The molecule has 0 aliphatic heterocycles. The summed E-state index contributed by atoms with van der Waals surface area (Å²) >= 11 is 0. The molecule has 0 radical (unpaired) electrons. The number of rotatable bonds is 13. The summed E-state index contributed by atoms with van der Waals surface area (Å²) in [5, 5.41) is 3.21. The van der Waals surface area contributed by atoms with E-state index in [0.717, 1.165) is 40.3 Å². The van der Waals surface area contributed by atoms with Crippen LogP contribution in [0, 0.1) is 0 Å². The largest absolute Gasteiger partial charge is 1.00 e. The average molecular weight is 734 g/mol. The molecular weight excluding hydrogens is 694 g/mol. The van der Waals surface area contributed by atoms with E-state index in [2.05, 4.69) is 20.9 Å². The van der Waals surface area contributed by atoms with Crippen LogP contribution in [0.1, 0.15) is 37.5 Å². The van der Waals surface area contributed by atoms with Gasteiger partial charge >= 0.3 is 29.6 Å². The van der Waals surface area contributed by atoms with E-state index in [9.17, 15) is 25.9 Å². The van der Waals surface area contributed by atoms with Crippen LogP contribution in [0.5, 0.6) is 0 Å². The van der Waals surface area contributed by atoms with Crippen molar-refractivity contribution in [3.63, 3.8) is 0 Å². The van der Waals surface area contributed by atoms with E-state index in [-0.39, 0.29) is 39.3 Å². The number of allylic oxidation sites excluding steroid dienone is 5. The van der Waals surface area contributed by atoms with E-state index < -0.39 is 20.2 Å². The fraction of sp³-hybridized carbons (Fsp3) is 0.205. The summed E-state index contributed by atoms with van der Waals surface area (Å²) in [6.07, 6.45) is 10.1. The molecule has 0 aromatic heterocycles. The second kappa shape index (κ2) is 17.6. The van der Waals surface area contributed by atoms with Crippen molar-refractivity contribution in [2.45, 2.75) is 43.7 Å². The van der Waals surface area contributed by atoms with Crippen molar-refractivity contribution in [2.24, 2.45) is 0 Å². The van der Waals surface area contributed by atoms with Gasteiger partial charge in [0.2, 0.25) is 0 Å². The van der Waals surface area contributed by atoms with Gasteiger partial charge in [0, 0.05) is 48.7 Å². The molecule has 0 fully saturated rings. The third-order valence-corrected chi connectivity index (χ3v) is 10.1. The van der Waals surface area contributed by atoms with E-state index in [1.54, 1.807) is 18.2 Å². The van der Waals surface area contributed by atoms with E-state index in [0.29, 0.717) is 42.9 Å². The number of hydrogen-bond acceptors (Lipinski definition) is 8. The summed E-state index contributed by atoms with van der Waals surface area (Å²) in [5.41, 5.74) is 7.35. The van der Waals surface area contributed by atoms with Crippen molar-refractivity contribution in [2.75, 3.05) is 29.9 Å². The Labute approximate surface area is 323 Å². The average Bonchev–Trinajstić information content (AvgIpc) is 3.10. The first-order valence-corrected chi connectivity index (χ1v) is 19.2. The van der Waals surface area contributed by atoms with Gasteiger partial charge in [0.15, 0.2) is 12.3 Å². The van der Waals surface area contributed by atoms with Crippen molar-refractivity contribution in [1.29, 1.82) is 0 Å². The second-order valence-electron chi connectivity index (χ2n) is 11.8. The van der Waals surface area contributed by atoms with Gasteiger partial charge in [-0.05, 0) is 109 Å². The van der Waals surface area contributed by atoms with Gasteiger partial charge in [-0.25, -0.2) is 21.4 Å². The van der Waals surface area contributed by atoms with Crippen LogP contribution in [0.4, 0.5) is 11.4 Å². The van der Waals surface area contributed by atoms with E-state index in [4.69, 9.17) is 0 Å². The Hall–Kier alpha value is -3.81.